The van der Waals surface area contributed by atoms with Crippen molar-refractivity contribution in [2.24, 2.45) is 11.8 Å². The van der Waals surface area contributed by atoms with Crippen LogP contribution < -0.4 is 10.6 Å². The Balaban J connectivity index is 0.00000288. The van der Waals surface area contributed by atoms with Gasteiger partial charge >= 0.3 is 6.18 Å². The fourth-order valence-electron chi connectivity index (χ4n) is 3.49. The van der Waals surface area contributed by atoms with Gasteiger partial charge in [0.1, 0.15) is 0 Å². The first-order valence-electron chi connectivity index (χ1n) is 8.69. The number of hydrogen-bond acceptors (Lipinski definition) is 3. The lowest BCUT2D eigenvalue weighted by molar-refractivity contribution is -0.148. The van der Waals surface area contributed by atoms with Gasteiger partial charge in [-0.15, -0.1) is 24.8 Å². The largest absolute Gasteiger partial charge is 0.401 e. The summed E-state index contributed by atoms with van der Waals surface area (Å²) in [6.45, 7) is 2.93. The summed E-state index contributed by atoms with van der Waals surface area (Å²) in [5, 5.41) is 6.24. The summed E-state index contributed by atoms with van der Waals surface area (Å²) in [4.78, 5) is 13.3. The third-order valence-electron chi connectivity index (χ3n) is 4.93. The van der Waals surface area contributed by atoms with Gasteiger partial charge in [-0.3, -0.25) is 9.69 Å². The zero-order chi connectivity index (χ0) is 16.7. The minimum absolute atomic E-state index is 0. The number of likely N-dealkylation sites (tertiary alicyclic amines) is 1. The summed E-state index contributed by atoms with van der Waals surface area (Å²) in [6.07, 6.45) is 1.03. The van der Waals surface area contributed by atoms with Crippen molar-refractivity contribution < 1.29 is 18.0 Å². The van der Waals surface area contributed by atoms with E-state index in [-0.39, 0.29) is 30.7 Å². The Bertz CT molecular complexity index is 372. The van der Waals surface area contributed by atoms with Crippen LogP contribution in [0.1, 0.15) is 38.5 Å². The number of amides is 1. The van der Waals surface area contributed by atoms with E-state index in [1.54, 1.807) is 0 Å². The lowest BCUT2D eigenvalue weighted by Gasteiger charge is -2.32. The zero-order valence-electron chi connectivity index (χ0n) is 14.4. The summed E-state index contributed by atoms with van der Waals surface area (Å²) < 4.78 is 37.0. The molecule has 0 bridgehead atoms. The molecule has 1 atom stereocenters. The molecule has 2 heterocycles. The molecule has 2 aliphatic heterocycles. The lowest BCUT2D eigenvalue weighted by atomic mass is 9.93. The Morgan fingerprint density at radius 2 is 1.76 bits per heavy atom. The monoisotopic (exact) mass is 407 g/mol. The molecule has 0 aliphatic carbocycles. The van der Waals surface area contributed by atoms with Gasteiger partial charge < -0.3 is 10.6 Å². The summed E-state index contributed by atoms with van der Waals surface area (Å²) in [5.41, 5.74) is 0. The minimum Gasteiger partial charge on any atom is -0.356 e. The van der Waals surface area contributed by atoms with Crippen LogP contribution in [-0.2, 0) is 4.79 Å². The van der Waals surface area contributed by atoms with Gasteiger partial charge in [0.05, 0.1) is 6.54 Å². The molecular formula is C16H30Cl2F3N3O. The Hall–Kier alpha value is -0.240. The van der Waals surface area contributed by atoms with Gasteiger partial charge in [0, 0.05) is 13.0 Å². The molecular weight excluding hydrogens is 378 g/mol. The molecule has 4 nitrogen and oxygen atoms in total. The predicted octanol–water partition coefficient (Wildman–Crippen LogP) is 3.00. The fourth-order valence-corrected chi connectivity index (χ4v) is 3.49. The second-order valence-electron chi connectivity index (χ2n) is 6.87. The van der Waals surface area contributed by atoms with Gasteiger partial charge in [-0.2, -0.15) is 13.2 Å². The molecule has 2 fully saturated rings. The van der Waals surface area contributed by atoms with Crippen LogP contribution in [0, 0.1) is 11.8 Å². The molecule has 150 valence electrons. The zero-order valence-corrected chi connectivity index (χ0v) is 16.1. The molecule has 0 aromatic heterocycles. The number of piperidine rings is 1. The van der Waals surface area contributed by atoms with Gasteiger partial charge in [-0.1, -0.05) is 0 Å². The van der Waals surface area contributed by atoms with Crippen LogP contribution in [0.4, 0.5) is 13.2 Å². The number of halogens is 5. The van der Waals surface area contributed by atoms with E-state index in [4.69, 9.17) is 0 Å². The van der Waals surface area contributed by atoms with Crippen LogP contribution in [-0.4, -0.2) is 56.3 Å². The van der Waals surface area contributed by atoms with Crippen LogP contribution >= 0.6 is 24.8 Å². The van der Waals surface area contributed by atoms with E-state index in [0.29, 0.717) is 37.9 Å². The van der Waals surface area contributed by atoms with E-state index in [1.807, 2.05) is 0 Å². The van der Waals surface area contributed by atoms with Crippen molar-refractivity contribution >= 4 is 30.7 Å². The molecule has 0 saturated carbocycles. The number of carbonyl (C=O) groups is 1. The third kappa shape index (κ3) is 10.5. The van der Waals surface area contributed by atoms with Crippen molar-refractivity contribution in [3.63, 3.8) is 0 Å². The second kappa shape index (κ2) is 12.2. The Kier molecular flexibility index (Phi) is 12.1. The van der Waals surface area contributed by atoms with Crippen LogP contribution in [0.15, 0.2) is 0 Å². The molecule has 9 heteroatoms. The summed E-state index contributed by atoms with van der Waals surface area (Å²) in [6, 6.07) is 0. The number of carbonyl (C=O) groups excluding carboxylic acids is 1. The number of alkyl halides is 3. The average Bonchev–Trinajstić information content (AvgIpc) is 2.99. The van der Waals surface area contributed by atoms with Crippen molar-refractivity contribution in [1.29, 1.82) is 0 Å². The Labute approximate surface area is 160 Å². The first kappa shape index (κ1) is 24.8. The summed E-state index contributed by atoms with van der Waals surface area (Å²) >= 11 is 0. The van der Waals surface area contributed by atoms with Crippen molar-refractivity contribution in [2.45, 2.75) is 44.7 Å². The maximum absolute atomic E-state index is 12.3. The SMILES string of the molecule is Cl.Cl.O=C(CCC1CCNC1)NCCC1CCN(CC(F)(F)F)CC1. The minimum atomic E-state index is -4.10. The smallest absolute Gasteiger partial charge is 0.356 e. The van der Waals surface area contributed by atoms with Gasteiger partial charge in [-0.05, 0) is 70.1 Å². The van der Waals surface area contributed by atoms with Crippen molar-refractivity contribution in [1.82, 2.24) is 15.5 Å². The first-order chi connectivity index (χ1) is 10.9. The third-order valence-corrected chi connectivity index (χ3v) is 4.93. The molecule has 2 rings (SSSR count). The number of nitrogens with one attached hydrogen (secondary N) is 2. The Morgan fingerprint density at radius 1 is 1.08 bits per heavy atom. The Morgan fingerprint density at radius 3 is 2.32 bits per heavy atom. The van der Waals surface area contributed by atoms with E-state index in [1.165, 1.54) is 4.90 Å². The van der Waals surface area contributed by atoms with Crippen LogP contribution in [0.25, 0.3) is 0 Å². The van der Waals surface area contributed by atoms with Crippen LogP contribution in [0.5, 0.6) is 0 Å². The maximum atomic E-state index is 12.3. The molecule has 0 spiro atoms. The summed E-state index contributed by atoms with van der Waals surface area (Å²) in [7, 11) is 0. The molecule has 1 unspecified atom stereocenters. The quantitative estimate of drug-likeness (QED) is 0.681. The average molecular weight is 408 g/mol. The molecule has 0 aromatic rings. The predicted molar refractivity (Wildman–Crippen MR) is 97.6 cm³/mol. The highest BCUT2D eigenvalue weighted by Gasteiger charge is 2.32. The van der Waals surface area contributed by atoms with Gasteiger partial charge in [0.25, 0.3) is 0 Å². The van der Waals surface area contributed by atoms with Crippen LogP contribution in [0.3, 0.4) is 0 Å². The first-order valence-corrected chi connectivity index (χ1v) is 8.69. The van der Waals surface area contributed by atoms with E-state index >= 15 is 0 Å². The van der Waals surface area contributed by atoms with Gasteiger partial charge in [0.15, 0.2) is 0 Å². The van der Waals surface area contributed by atoms with E-state index in [9.17, 15) is 18.0 Å². The highest BCUT2D eigenvalue weighted by atomic mass is 35.5. The van der Waals surface area contributed by atoms with E-state index in [0.717, 1.165) is 45.2 Å². The molecule has 25 heavy (non-hydrogen) atoms. The number of hydrogen-bond donors (Lipinski definition) is 2. The van der Waals surface area contributed by atoms with E-state index in [2.05, 4.69) is 10.6 Å². The highest BCUT2D eigenvalue weighted by molar-refractivity contribution is 5.85. The second-order valence-corrected chi connectivity index (χ2v) is 6.87. The topological polar surface area (TPSA) is 44.4 Å². The molecule has 2 saturated heterocycles. The maximum Gasteiger partial charge on any atom is 0.401 e. The van der Waals surface area contributed by atoms with Gasteiger partial charge in [0.2, 0.25) is 5.91 Å². The van der Waals surface area contributed by atoms with Crippen molar-refractivity contribution in [3.05, 3.63) is 0 Å². The van der Waals surface area contributed by atoms with Crippen LogP contribution in [0.2, 0.25) is 0 Å². The lowest BCUT2D eigenvalue weighted by Crippen LogP contribution is -2.40. The molecule has 0 radical (unpaired) electrons. The molecule has 2 aliphatic rings. The molecule has 2 N–H and O–H groups in total. The standard InChI is InChI=1S/C16H28F3N3O.2ClH/c17-16(18,19)12-22-9-5-13(6-10-22)4-8-21-15(23)2-1-14-3-7-20-11-14;;/h13-14,20H,1-12H2,(H,21,23);2*1H. The van der Waals surface area contributed by atoms with Gasteiger partial charge in [-0.25, -0.2) is 0 Å². The fraction of sp³-hybridized carbons (Fsp3) is 0.938. The normalized spacial score (nSPS) is 22.1. The van der Waals surface area contributed by atoms with Crippen molar-refractivity contribution in [3.8, 4) is 0 Å². The summed E-state index contributed by atoms with van der Waals surface area (Å²) in [5.74, 6) is 1.16. The van der Waals surface area contributed by atoms with E-state index < -0.39 is 12.7 Å². The number of nitrogens with zero attached hydrogens (tertiary/aromatic N) is 1. The highest BCUT2D eigenvalue weighted by Crippen LogP contribution is 2.24. The molecule has 1 amide bonds. The molecule has 0 aromatic carbocycles. The number of rotatable bonds is 7. The van der Waals surface area contributed by atoms with Crippen molar-refractivity contribution in [2.75, 3.05) is 39.3 Å².